The SMILES string of the molecule is CCC(CC)CC[C@H]1CCCNC1. The molecule has 0 aromatic carbocycles. The lowest BCUT2D eigenvalue weighted by Crippen LogP contribution is -2.29. The van der Waals surface area contributed by atoms with Gasteiger partial charge in [-0.3, -0.25) is 0 Å². The second kappa shape index (κ2) is 6.42. The first-order valence-electron chi connectivity index (χ1n) is 6.07. The van der Waals surface area contributed by atoms with E-state index in [0.717, 1.165) is 11.8 Å². The fourth-order valence-corrected chi connectivity index (χ4v) is 2.34. The maximum absolute atomic E-state index is 3.49. The molecule has 0 saturated carbocycles. The fraction of sp³-hybridized carbons (Fsp3) is 1.00. The Hall–Kier alpha value is -0.0400. The molecule has 78 valence electrons. The van der Waals surface area contributed by atoms with Crippen LogP contribution in [0, 0.1) is 11.8 Å². The zero-order chi connectivity index (χ0) is 9.52. The van der Waals surface area contributed by atoms with Gasteiger partial charge >= 0.3 is 0 Å². The van der Waals surface area contributed by atoms with Crippen molar-refractivity contribution in [1.29, 1.82) is 0 Å². The summed E-state index contributed by atoms with van der Waals surface area (Å²) < 4.78 is 0. The smallest absolute Gasteiger partial charge is 0.00205 e. The lowest BCUT2D eigenvalue weighted by molar-refractivity contribution is 0.316. The summed E-state index contributed by atoms with van der Waals surface area (Å²) in [7, 11) is 0. The molecule has 1 saturated heterocycles. The van der Waals surface area contributed by atoms with Crippen LogP contribution in [-0.2, 0) is 0 Å². The van der Waals surface area contributed by atoms with Gasteiger partial charge in [-0.25, -0.2) is 0 Å². The van der Waals surface area contributed by atoms with Gasteiger partial charge in [0.15, 0.2) is 0 Å². The van der Waals surface area contributed by atoms with Gasteiger partial charge in [0.05, 0.1) is 0 Å². The highest BCUT2D eigenvalue weighted by molar-refractivity contribution is 4.70. The summed E-state index contributed by atoms with van der Waals surface area (Å²) in [6, 6.07) is 0. The van der Waals surface area contributed by atoms with Gasteiger partial charge in [-0.2, -0.15) is 0 Å². The van der Waals surface area contributed by atoms with E-state index in [1.54, 1.807) is 0 Å². The standard InChI is InChI=1S/C12H25N/c1-3-11(4-2)7-8-12-6-5-9-13-10-12/h11-13H,3-10H2,1-2H3/t12-/m1/s1. The lowest BCUT2D eigenvalue weighted by atomic mass is 9.88. The molecule has 0 aromatic rings. The molecule has 1 atom stereocenters. The van der Waals surface area contributed by atoms with E-state index in [1.807, 2.05) is 0 Å². The van der Waals surface area contributed by atoms with Crippen LogP contribution in [0.15, 0.2) is 0 Å². The van der Waals surface area contributed by atoms with E-state index in [0.29, 0.717) is 0 Å². The van der Waals surface area contributed by atoms with Crippen LogP contribution in [0.5, 0.6) is 0 Å². The van der Waals surface area contributed by atoms with Gasteiger partial charge in [0.2, 0.25) is 0 Å². The van der Waals surface area contributed by atoms with Crippen molar-refractivity contribution >= 4 is 0 Å². The topological polar surface area (TPSA) is 12.0 Å². The summed E-state index contributed by atoms with van der Waals surface area (Å²) in [6.45, 7) is 7.18. The molecule has 0 aliphatic carbocycles. The van der Waals surface area contributed by atoms with E-state index in [1.165, 1.54) is 51.6 Å². The normalized spacial score (nSPS) is 23.8. The van der Waals surface area contributed by atoms with Crippen molar-refractivity contribution in [2.75, 3.05) is 13.1 Å². The molecule has 1 rings (SSSR count). The summed E-state index contributed by atoms with van der Waals surface area (Å²) >= 11 is 0. The molecule has 1 aliphatic rings. The largest absolute Gasteiger partial charge is 0.316 e. The first-order valence-corrected chi connectivity index (χ1v) is 6.07. The minimum absolute atomic E-state index is 0.981. The zero-order valence-corrected chi connectivity index (χ0v) is 9.31. The quantitative estimate of drug-likeness (QED) is 0.690. The molecule has 1 heterocycles. The van der Waals surface area contributed by atoms with Gasteiger partial charge in [0, 0.05) is 0 Å². The summed E-state index contributed by atoms with van der Waals surface area (Å²) in [5.41, 5.74) is 0. The molecule has 0 amide bonds. The molecular formula is C12H25N. The monoisotopic (exact) mass is 183 g/mol. The average Bonchev–Trinajstić information content (AvgIpc) is 2.21. The Labute approximate surface area is 83.3 Å². The van der Waals surface area contributed by atoms with Gasteiger partial charge < -0.3 is 5.32 Å². The first kappa shape index (κ1) is 11.0. The molecule has 1 N–H and O–H groups in total. The Balaban J connectivity index is 2.09. The minimum Gasteiger partial charge on any atom is -0.316 e. The zero-order valence-electron chi connectivity index (χ0n) is 9.31. The second-order valence-electron chi connectivity index (χ2n) is 4.47. The highest BCUT2D eigenvalue weighted by Crippen LogP contribution is 2.22. The molecule has 13 heavy (non-hydrogen) atoms. The molecule has 0 bridgehead atoms. The number of nitrogens with one attached hydrogen (secondary N) is 1. The van der Waals surface area contributed by atoms with Gasteiger partial charge in [0.25, 0.3) is 0 Å². The van der Waals surface area contributed by atoms with Crippen LogP contribution in [-0.4, -0.2) is 13.1 Å². The van der Waals surface area contributed by atoms with Gasteiger partial charge in [-0.15, -0.1) is 0 Å². The molecule has 1 heteroatoms. The van der Waals surface area contributed by atoms with E-state index >= 15 is 0 Å². The van der Waals surface area contributed by atoms with E-state index in [-0.39, 0.29) is 0 Å². The third kappa shape index (κ3) is 4.12. The molecule has 1 fully saturated rings. The van der Waals surface area contributed by atoms with Crippen molar-refractivity contribution in [3.8, 4) is 0 Å². The number of piperidine rings is 1. The Morgan fingerprint density at radius 2 is 2.08 bits per heavy atom. The van der Waals surface area contributed by atoms with Gasteiger partial charge in [-0.05, 0) is 44.2 Å². The maximum atomic E-state index is 3.49. The van der Waals surface area contributed by atoms with Crippen molar-refractivity contribution < 1.29 is 0 Å². The van der Waals surface area contributed by atoms with E-state index in [4.69, 9.17) is 0 Å². The van der Waals surface area contributed by atoms with Crippen LogP contribution in [0.3, 0.4) is 0 Å². The van der Waals surface area contributed by atoms with E-state index in [2.05, 4.69) is 19.2 Å². The van der Waals surface area contributed by atoms with E-state index < -0.39 is 0 Å². The summed E-state index contributed by atoms with van der Waals surface area (Å²) in [6.07, 6.45) is 8.52. The average molecular weight is 183 g/mol. The number of hydrogen-bond acceptors (Lipinski definition) is 1. The van der Waals surface area contributed by atoms with Crippen LogP contribution in [0.25, 0.3) is 0 Å². The van der Waals surface area contributed by atoms with Crippen LogP contribution in [0.4, 0.5) is 0 Å². The predicted molar refractivity (Wildman–Crippen MR) is 58.9 cm³/mol. The van der Waals surface area contributed by atoms with E-state index in [9.17, 15) is 0 Å². The molecule has 0 aromatic heterocycles. The molecule has 1 nitrogen and oxygen atoms in total. The van der Waals surface area contributed by atoms with Gasteiger partial charge in [-0.1, -0.05) is 33.1 Å². The van der Waals surface area contributed by atoms with Crippen molar-refractivity contribution in [2.24, 2.45) is 11.8 Å². The van der Waals surface area contributed by atoms with Crippen molar-refractivity contribution in [3.05, 3.63) is 0 Å². The predicted octanol–water partition coefficient (Wildman–Crippen LogP) is 3.20. The Kier molecular flexibility index (Phi) is 5.45. The fourth-order valence-electron chi connectivity index (χ4n) is 2.34. The molecule has 1 aliphatic heterocycles. The van der Waals surface area contributed by atoms with Gasteiger partial charge in [0.1, 0.15) is 0 Å². The first-order chi connectivity index (χ1) is 6.36. The third-order valence-corrected chi connectivity index (χ3v) is 3.54. The minimum atomic E-state index is 0.981. The number of hydrogen-bond donors (Lipinski definition) is 1. The highest BCUT2D eigenvalue weighted by Gasteiger charge is 2.14. The van der Waals surface area contributed by atoms with Crippen molar-refractivity contribution in [2.45, 2.75) is 52.4 Å². The van der Waals surface area contributed by atoms with Crippen molar-refractivity contribution in [1.82, 2.24) is 5.32 Å². The van der Waals surface area contributed by atoms with Crippen molar-refractivity contribution in [3.63, 3.8) is 0 Å². The highest BCUT2D eigenvalue weighted by atomic mass is 14.9. The van der Waals surface area contributed by atoms with Crippen LogP contribution < -0.4 is 5.32 Å². The van der Waals surface area contributed by atoms with Crippen LogP contribution in [0.2, 0.25) is 0 Å². The van der Waals surface area contributed by atoms with Crippen LogP contribution in [0.1, 0.15) is 52.4 Å². The molecular weight excluding hydrogens is 158 g/mol. The van der Waals surface area contributed by atoms with Crippen LogP contribution >= 0.6 is 0 Å². The Morgan fingerprint density at radius 3 is 2.62 bits per heavy atom. The molecule has 0 spiro atoms. The Morgan fingerprint density at radius 1 is 1.31 bits per heavy atom. The second-order valence-corrected chi connectivity index (χ2v) is 4.47. The maximum Gasteiger partial charge on any atom is -0.00205 e. The lowest BCUT2D eigenvalue weighted by Gasteiger charge is -2.24. The summed E-state index contributed by atoms with van der Waals surface area (Å²) in [5, 5.41) is 3.49. The summed E-state index contributed by atoms with van der Waals surface area (Å²) in [5.74, 6) is 1.97. The molecule has 0 radical (unpaired) electrons. The molecule has 0 unspecified atom stereocenters. The number of rotatable bonds is 5. The third-order valence-electron chi connectivity index (χ3n) is 3.54. The Bertz CT molecular complexity index is 112. The summed E-state index contributed by atoms with van der Waals surface area (Å²) in [4.78, 5) is 0.